The molecule has 2 N–H and O–H groups in total. The van der Waals surface area contributed by atoms with Crippen molar-refractivity contribution in [1.29, 1.82) is 0 Å². The molecule has 0 saturated heterocycles. The minimum absolute atomic E-state index is 0.248. The fourth-order valence-electron chi connectivity index (χ4n) is 2.55. The Kier molecular flexibility index (Phi) is 2.59. The molecule has 1 heterocycles. The predicted molar refractivity (Wildman–Crippen MR) is 62.8 cm³/mol. The van der Waals surface area contributed by atoms with Crippen molar-refractivity contribution in [2.45, 2.75) is 38.7 Å². The Morgan fingerprint density at radius 2 is 2.12 bits per heavy atom. The molecule has 1 aromatic rings. The van der Waals surface area contributed by atoms with Gasteiger partial charge in [0, 0.05) is 0 Å². The van der Waals surface area contributed by atoms with Crippen LogP contribution in [0.2, 0.25) is 0 Å². The van der Waals surface area contributed by atoms with E-state index in [2.05, 4.69) is 0 Å². The first kappa shape index (κ1) is 11.6. The molecule has 0 bridgehead atoms. The number of carboxylic acid groups (broad SMARTS) is 1. The van der Waals surface area contributed by atoms with E-state index in [-0.39, 0.29) is 11.0 Å². The predicted octanol–water partition coefficient (Wildman–Crippen LogP) is 2.84. The van der Waals surface area contributed by atoms with E-state index in [1.165, 1.54) is 11.3 Å². The topological polar surface area (TPSA) is 57.5 Å². The van der Waals surface area contributed by atoms with Gasteiger partial charge in [-0.3, -0.25) is 0 Å². The standard InChI is InChI=1S/C12H16O3S/c1-11(2)5-3-6-12(11,15)9-8(10(13)14)4-7-16-9/h4,7,15H,3,5-6H2,1-2H3,(H,13,14). The molecule has 0 aromatic carbocycles. The van der Waals surface area contributed by atoms with Crippen LogP contribution in [0.15, 0.2) is 11.4 Å². The monoisotopic (exact) mass is 240 g/mol. The third-order valence-electron chi connectivity index (χ3n) is 3.73. The number of hydrogen-bond donors (Lipinski definition) is 2. The van der Waals surface area contributed by atoms with E-state index in [0.717, 1.165) is 12.8 Å². The van der Waals surface area contributed by atoms with Gasteiger partial charge in [-0.15, -0.1) is 11.3 Å². The van der Waals surface area contributed by atoms with E-state index in [0.29, 0.717) is 11.3 Å². The summed E-state index contributed by atoms with van der Waals surface area (Å²) < 4.78 is 0. The molecule has 1 aliphatic carbocycles. The Morgan fingerprint density at radius 3 is 2.62 bits per heavy atom. The highest BCUT2D eigenvalue weighted by Gasteiger charge is 2.50. The number of carbonyl (C=O) groups is 1. The van der Waals surface area contributed by atoms with E-state index in [9.17, 15) is 9.90 Å². The summed E-state index contributed by atoms with van der Waals surface area (Å²) in [7, 11) is 0. The van der Waals surface area contributed by atoms with Crippen molar-refractivity contribution in [3.8, 4) is 0 Å². The van der Waals surface area contributed by atoms with Gasteiger partial charge in [-0.1, -0.05) is 13.8 Å². The van der Waals surface area contributed by atoms with Gasteiger partial charge in [-0.25, -0.2) is 4.79 Å². The second-order valence-corrected chi connectivity index (χ2v) is 5.98. The van der Waals surface area contributed by atoms with Crippen LogP contribution in [-0.2, 0) is 5.60 Å². The molecule has 0 radical (unpaired) electrons. The molecule has 1 saturated carbocycles. The zero-order valence-corrected chi connectivity index (χ0v) is 10.3. The lowest BCUT2D eigenvalue weighted by atomic mass is 9.76. The molecular formula is C12H16O3S. The average Bonchev–Trinajstić information content (AvgIpc) is 2.73. The van der Waals surface area contributed by atoms with Gasteiger partial charge in [-0.2, -0.15) is 0 Å². The van der Waals surface area contributed by atoms with Crippen molar-refractivity contribution >= 4 is 17.3 Å². The highest BCUT2D eigenvalue weighted by Crippen LogP contribution is 2.54. The van der Waals surface area contributed by atoms with Crippen LogP contribution in [0, 0.1) is 5.41 Å². The molecule has 1 fully saturated rings. The summed E-state index contributed by atoms with van der Waals surface area (Å²) in [4.78, 5) is 11.7. The number of rotatable bonds is 2. The van der Waals surface area contributed by atoms with Crippen LogP contribution in [0.4, 0.5) is 0 Å². The molecule has 3 nitrogen and oxygen atoms in total. The van der Waals surface area contributed by atoms with Crippen molar-refractivity contribution in [3.63, 3.8) is 0 Å². The van der Waals surface area contributed by atoms with Crippen LogP contribution >= 0.6 is 11.3 Å². The van der Waals surface area contributed by atoms with Crippen molar-refractivity contribution in [1.82, 2.24) is 0 Å². The first-order valence-electron chi connectivity index (χ1n) is 5.42. The van der Waals surface area contributed by atoms with E-state index in [1.807, 2.05) is 13.8 Å². The van der Waals surface area contributed by atoms with E-state index < -0.39 is 11.6 Å². The quantitative estimate of drug-likeness (QED) is 0.835. The van der Waals surface area contributed by atoms with Crippen molar-refractivity contribution < 1.29 is 15.0 Å². The van der Waals surface area contributed by atoms with Gasteiger partial charge >= 0.3 is 5.97 Å². The van der Waals surface area contributed by atoms with Gasteiger partial charge in [0.25, 0.3) is 0 Å². The van der Waals surface area contributed by atoms with E-state index in [4.69, 9.17) is 5.11 Å². The third-order valence-corrected chi connectivity index (χ3v) is 4.80. The molecule has 16 heavy (non-hydrogen) atoms. The third kappa shape index (κ3) is 1.48. The summed E-state index contributed by atoms with van der Waals surface area (Å²) in [5, 5.41) is 21.6. The Morgan fingerprint density at radius 1 is 1.44 bits per heavy atom. The second kappa shape index (κ2) is 3.57. The molecule has 0 amide bonds. The van der Waals surface area contributed by atoms with Crippen molar-refractivity contribution in [3.05, 3.63) is 21.9 Å². The minimum Gasteiger partial charge on any atom is -0.478 e. The SMILES string of the molecule is CC1(C)CCCC1(O)c1sccc1C(=O)O. The maximum absolute atomic E-state index is 11.1. The zero-order valence-electron chi connectivity index (χ0n) is 9.49. The van der Waals surface area contributed by atoms with Crippen molar-refractivity contribution in [2.24, 2.45) is 5.41 Å². The molecule has 1 aliphatic rings. The molecule has 1 atom stereocenters. The van der Waals surface area contributed by atoms with Crippen LogP contribution in [0.3, 0.4) is 0 Å². The van der Waals surface area contributed by atoms with Crippen LogP contribution in [0.1, 0.15) is 48.3 Å². The summed E-state index contributed by atoms with van der Waals surface area (Å²) in [5.74, 6) is -0.952. The normalized spacial score (nSPS) is 28.2. The lowest BCUT2D eigenvalue weighted by molar-refractivity contribution is -0.0460. The largest absolute Gasteiger partial charge is 0.478 e. The Balaban J connectivity index is 2.51. The van der Waals surface area contributed by atoms with Gasteiger partial charge in [0.05, 0.1) is 10.4 Å². The van der Waals surface area contributed by atoms with Crippen LogP contribution < -0.4 is 0 Å². The summed E-state index contributed by atoms with van der Waals surface area (Å²) in [5.41, 5.74) is -0.973. The van der Waals surface area contributed by atoms with Gasteiger partial charge < -0.3 is 10.2 Å². The Hall–Kier alpha value is -0.870. The van der Waals surface area contributed by atoms with Crippen LogP contribution in [-0.4, -0.2) is 16.2 Å². The molecule has 1 unspecified atom stereocenters. The summed E-state index contributed by atoms with van der Waals surface area (Å²) >= 11 is 1.35. The first-order valence-corrected chi connectivity index (χ1v) is 6.30. The maximum Gasteiger partial charge on any atom is 0.336 e. The number of carboxylic acids is 1. The lowest BCUT2D eigenvalue weighted by Gasteiger charge is -2.36. The number of aromatic carboxylic acids is 1. The molecule has 1 aromatic heterocycles. The molecule has 88 valence electrons. The lowest BCUT2D eigenvalue weighted by Crippen LogP contribution is -2.37. The second-order valence-electron chi connectivity index (χ2n) is 5.07. The van der Waals surface area contributed by atoms with Crippen LogP contribution in [0.5, 0.6) is 0 Å². The zero-order chi connectivity index (χ0) is 12.0. The van der Waals surface area contributed by atoms with E-state index >= 15 is 0 Å². The highest BCUT2D eigenvalue weighted by molar-refractivity contribution is 7.10. The summed E-state index contributed by atoms with van der Waals surface area (Å²) in [6.45, 7) is 4.01. The fraction of sp³-hybridized carbons (Fsp3) is 0.583. The van der Waals surface area contributed by atoms with Gasteiger partial charge in [-0.05, 0) is 36.1 Å². The molecule has 4 heteroatoms. The number of thiophene rings is 1. The summed E-state index contributed by atoms with van der Waals surface area (Å²) in [6, 6.07) is 1.58. The summed E-state index contributed by atoms with van der Waals surface area (Å²) in [6.07, 6.45) is 2.53. The molecule has 0 spiro atoms. The Labute approximate surface area is 98.7 Å². The van der Waals surface area contributed by atoms with Gasteiger partial charge in [0.1, 0.15) is 5.60 Å². The van der Waals surface area contributed by atoms with Crippen LogP contribution in [0.25, 0.3) is 0 Å². The molecular weight excluding hydrogens is 224 g/mol. The Bertz CT molecular complexity index is 422. The van der Waals surface area contributed by atoms with Gasteiger partial charge in [0.15, 0.2) is 0 Å². The average molecular weight is 240 g/mol. The smallest absolute Gasteiger partial charge is 0.336 e. The number of aliphatic hydroxyl groups is 1. The van der Waals surface area contributed by atoms with Gasteiger partial charge in [0.2, 0.25) is 0 Å². The van der Waals surface area contributed by atoms with E-state index in [1.54, 1.807) is 11.4 Å². The fourth-order valence-corrected chi connectivity index (χ4v) is 3.75. The minimum atomic E-state index is -0.977. The molecule has 0 aliphatic heterocycles. The molecule has 2 rings (SSSR count). The highest BCUT2D eigenvalue weighted by atomic mass is 32.1. The number of hydrogen-bond acceptors (Lipinski definition) is 3. The maximum atomic E-state index is 11.1. The first-order chi connectivity index (χ1) is 7.38. The van der Waals surface area contributed by atoms with Crippen molar-refractivity contribution in [2.75, 3.05) is 0 Å².